The maximum Gasteiger partial charge on any atom is 0.181 e. The van der Waals surface area contributed by atoms with E-state index in [2.05, 4.69) is 4.98 Å². The maximum absolute atomic E-state index is 12.8. The first-order valence-corrected chi connectivity index (χ1v) is 4.96. The summed E-state index contributed by atoms with van der Waals surface area (Å²) >= 11 is 0. The second kappa shape index (κ2) is 4.98. The SMILES string of the molecule is CCC(C)C(N)C(=O)c1cncc(F)c1. The van der Waals surface area contributed by atoms with Crippen LogP contribution in [0.1, 0.15) is 30.6 Å². The van der Waals surface area contributed by atoms with Crippen LogP contribution >= 0.6 is 0 Å². The van der Waals surface area contributed by atoms with Crippen molar-refractivity contribution in [2.45, 2.75) is 26.3 Å². The average molecular weight is 210 g/mol. The van der Waals surface area contributed by atoms with Gasteiger partial charge in [-0.25, -0.2) is 4.39 Å². The van der Waals surface area contributed by atoms with E-state index in [0.717, 1.165) is 18.7 Å². The van der Waals surface area contributed by atoms with E-state index in [4.69, 9.17) is 5.73 Å². The molecule has 0 saturated carbocycles. The Balaban J connectivity index is 2.85. The topological polar surface area (TPSA) is 56.0 Å². The molecule has 1 aromatic rings. The van der Waals surface area contributed by atoms with Crippen LogP contribution < -0.4 is 5.73 Å². The highest BCUT2D eigenvalue weighted by atomic mass is 19.1. The molecule has 0 aliphatic carbocycles. The molecule has 0 radical (unpaired) electrons. The van der Waals surface area contributed by atoms with Crippen LogP contribution in [-0.4, -0.2) is 16.8 Å². The molecule has 4 heteroatoms. The van der Waals surface area contributed by atoms with Gasteiger partial charge in [0.25, 0.3) is 0 Å². The molecule has 0 bridgehead atoms. The fourth-order valence-corrected chi connectivity index (χ4v) is 1.25. The van der Waals surface area contributed by atoms with Gasteiger partial charge in [-0.05, 0) is 12.0 Å². The summed E-state index contributed by atoms with van der Waals surface area (Å²) in [6.45, 7) is 3.86. The number of hydrogen-bond donors (Lipinski definition) is 1. The van der Waals surface area contributed by atoms with Crippen LogP contribution in [0.15, 0.2) is 18.5 Å². The number of nitrogens with zero attached hydrogens (tertiary/aromatic N) is 1. The van der Waals surface area contributed by atoms with Crippen LogP contribution in [-0.2, 0) is 0 Å². The molecule has 1 rings (SSSR count). The van der Waals surface area contributed by atoms with Crippen LogP contribution in [0, 0.1) is 11.7 Å². The normalized spacial score (nSPS) is 14.7. The van der Waals surface area contributed by atoms with Crippen molar-refractivity contribution < 1.29 is 9.18 Å². The molecule has 15 heavy (non-hydrogen) atoms. The highest BCUT2D eigenvalue weighted by molar-refractivity contribution is 5.99. The lowest BCUT2D eigenvalue weighted by Gasteiger charge is -2.16. The smallest absolute Gasteiger partial charge is 0.181 e. The van der Waals surface area contributed by atoms with Crippen molar-refractivity contribution in [1.29, 1.82) is 0 Å². The zero-order chi connectivity index (χ0) is 11.4. The first-order valence-electron chi connectivity index (χ1n) is 4.96. The molecule has 0 saturated heterocycles. The second-order valence-electron chi connectivity index (χ2n) is 3.67. The molecule has 2 unspecified atom stereocenters. The number of pyridine rings is 1. The van der Waals surface area contributed by atoms with Gasteiger partial charge in [-0.3, -0.25) is 9.78 Å². The first-order chi connectivity index (χ1) is 7.06. The predicted molar refractivity (Wildman–Crippen MR) is 56.0 cm³/mol. The molecule has 1 aromatic heterocycles. The molecular formula is C11H15FN2O. The van der Waals surface area contributed by atoms with Crippen molar-refractivity contribution in [3.8, 4) is 0 Å². The average Bonchev–Trinajstić information content (AvgIpc) is 2.26. The molecule has 82 valence electrons. The summed E-state index contributed by atoms with van der Waals surface area (Å²) in [6.07, 6.45) is 3.22. The van der Waals surface area contributed by atoms with E-state index in [1.165, 1.54) is 6.20 Å². The molecule has 0 aliphatic rings. The summed E-state index contributed by atoms with van der Waals surface area (Å²) in [5.74, 6) is -0.686. The van der Waals surface area contributed by atoms with E-state index in [0.29, 0.717) is 0 Å². The zero-order valence-corrected chi connectivity index (χ0v) is 8.90. The molecule has 0 spiro atoms. The van der Waals surface area contributed by atoms with E-state index in [1.807, 2.05) is 13.8 Å². The Morgan fingerprint density at radius 3 is 2.80 bits per heavy atom. The number of Topliss-reactive ketones (excluding diaryl/α,β-unsaturated/α-hetero) is 1. The largest absolute Gasteiger partial charge is 0.321 e. The summed E-state index contributed by atoms with van der Waals surface area (Å²) in [7, 11) is 0. The third-order valence-corrected chi connectivity index (χ3v) is 2.55. The standard InChI is InChI=1S/C11H15FN2O/c1-3-7(2)10(13)11(15)8-4-9(12)6-14-5-8/h4-7,10H,3,13H2,1-2H3. The third-order valence-electron chi connectivity index (χ3n) is 2.55. The molecule has 0 fully saturated rings. The summed E-state index contributed by atoms with van der Waals surface area (Å²) in [6, 6.07) is 0.580. The van der Waals surface area contributed by atoms with Crippen molar-refractivity contribution in [2.24, 2.45) is 11.7 Å². The van der Waals surface area contributed by atoms with Gasteiger partial charge in [-0.2, -0.15) is 0 Å². The Bertz CT molecular complexity index is 354. The number of rotatable bonds is 4. The number of carbonyl (C=O) groups excluding carboxylic acids is 1. The van der Waals surface area contributed by atoms with Gasteiger partial charge in [-0.1, -0.05) is 20.3 Å². The summed E-state index contributed by atoms with van der Waals surface area (Å²) in [5.41, 5.74) is 5.99. The number of ketones is 1. The Labute approximate surface area is 88.5 Å². The van der Waals surface area contributed by atoms with Gasteiger partial charge in [-0.15, -0.1) is 0 Å². The van der Waals surface area contributed by atoms with Gasteiger partial charge in [0.05, 0.1) is 12.2 Å². The van der Waals surface area contributed by atoms with Crippen molar-refractivity contribution >= 4 is 5.78 Å². The van der Waals surface area contributed by atoms with Crippen molar-refractivity contribution in [2.75, 3.05) is 0 Å². The van der Waals surface area contributed by atoms with Gasteiger partial charge >= 0.3 is 0 Å². The van der Waals surface area contributed by atoms with Crippen LogP contribution in [0.2, 0.25) is 0 Å². The molecule has 3 nitrogen and oxygen atoms in total. The molecule has 0 amide bonds. The maximum atomic E-state index is 12.8. The van der Waals surface area contributed by atoms with E-state index in [-0.39, 0.29) is 17.3 Å². The van der Waals surface area contributed by atoms with Crippen LogP contribution in [0.25, 0.3) is 0 Å². The van der Waals surface area contributed by atoms with Gasteiger partial charge in [0.2, 0.25) is 0 Å². The van der Waals surface area contributed by atoms with Crippen LogP contribution in [0.4, 0.5) is 4.39 Å². The molecule has 0 aliphatic heterocycles. The summed E-state index contributed by atoms with van der Waals surface area (Å²) < 4.78 is 12.8. The highest BCUT2D eigenvalue weighted by Gasteiger charge is 2.21. The van der Waals surface area contributed by atoms with Crippen molar-refractivity contribution in [1.82, 2.24) is 4.98 Å². The van der Waals surface area contributed by atoms with Gasteiger partial charge in [0.15, 0.2) is 5.78 Å². The number of halogens is 1. The zero-order valence-electron chi connectivity index (χ0n) is 8.90. The minimum atomic E-state index is -0.585. The molecule has 1 heterocycles. The van der Waals surface area contributed by atoms with Crippen LogP contribution in [0.3, 0.4) is 0 Å². The number of aromatic nitrogens is 1. The quantitative estimate of drug-likeness (QED) is 0.770. The number of hydrogen-bond acceptors (Lipinski definition) is 3. The number of nitrogens with two attached hydrogens (primary N) is 1. The Kier molecular flexibility index (Phi) is 3.91. The van der Waals surface area contributed by atoms with Gasteiger partial charge in [0.1, 0.15) is 5.82 Å². The Hall–Kier alpha value is -1.29. The Morgan fingerprint density at radius 2 is 2.27 bits per heavy atom. The molecule has 2 atom stereocenters. The highest BCUT2D eigenvalue weighted by Crippen LogP contribution is 2.11. The fourth-order valence-electron chi connectivity index (χ4n) is 1.25. The van der Waals surface area contributed by atoms with E-state index < -0.39 is 11.9 Å². The second-order valence-corrected chi connectivity index (χ2v) is 3.67. The summed E-state index contributed by atoms with van der Waals surface area (Å²) in [5, 5.41) is 0. The van der Waals surface area contributed by atoms with E-state index in [1.54, 1.807) is 0 Å². The van der Waals surface area contributed by atoms with Gasteiger partial charge in [0, 0.05) is 11.8 Å². The lowest BCUT2D eigenvalue weighted by atomic mass is 9.93. The fraction of sp³-hybridized carbons (Fsp3) is 0.455. The van der Waals surface area contributed by atoms with Crippen molar-refractivity contribution in [3.05, 3.63) is 29.8 Å². The third kappa shape index (κ3) is 2.83. The lowest BCUT2D eigenvalue weighted by Crippen LogP contribution is -2.36. The molecule has 0 aromatic carbocycles. The lowest BCUT2D eigenvalue weighted by molar-refractivity contribution is 0.0934. The molecular weight excluding hydrogens is 195 g/mol. The minimum absolute atomic E-state index is 0.0840. The van der Waals surface area contributed by atoms with Crippen LogP contribution in [0.5, 0.6) is 0 Å². The van der Waals surface area contributed by atoms with Gasteiger partial charge < -0.3 is 5.73 Å². The van der Waals surface area contributed by atoms with E-state index >= 15 is 0 Å². The first kappa shape index (κ1) is 11.8. The Morgan fingerprint density at radius 1 is 1.60 bits per heavy atom. The number of carbonyl (C=O) groups is 1. The predicted octanol–water partition coefficient (Wildman–Crippen LogP) is 1.78. The van der Waals surface area contributed by atoms with E-state index in [9.17, 15) is 9.18 Å². The minimum Gasteiger partial charge on any atom is -0.321 e. The van der Waals surface area contributed by atoms with Crippen molar-refractivity contribution in [3.63, 3.8) is 0 Å². The monoisotopic (exact) mass is 210 g/mol. The summed E-state index contributed by atoms with van der Waals surface area (Å²) in [4.78, 5) is 15.4. The molecule has 2 N–H and O–H groups in total.